The fraction of sp³-hybridized carbons (Fsp3) is 0.182. The van der Waals surface area contributed by atoms with Crippen molar-refractivity contribution in [3.8, 4) is 17.2 Å². The topological polar surface area (TPSA) is 81.7 Å². The molecule has 0 saturated carbocycles. The maximum Gasteiger partial charge on any atom is 0.251 e. The number of carbonyl (C=O) groups excluding carboxylic acids is 1. The Bertz CT molecular complexity index is 1010. The highest BCUT2D eigenvalue weighted by molar-refractivity contribution is 5.94. The number of aromatic nitrogens is 1. The van der Waals surface area contributed by atoms with Crippen LogP contribution in [0.4, 0.5) is 11.5 Å². The number of pyridine rings is 1. The van der Waals surface area contributed by atoms with Gasteiger partial charge in [-0.25, -0.2) is 4.98 Å². The molecule has 0 aliphatic carbocycles. The average molecular weight is 391 g/mol. The largest absolute Gasteiger partial charge is 0.494 e. The second kappa shape index (κ2) is 8.52. The van der Waals surface area contributed by atoms with Gasteiger partial charge in [0.2, 0.25) is 6.79 Å². The maximum atomic E-state index is 12.5. The molecule has 29 heavy (non-hydrogen) atoms. The van der Waals surface area contributed by atoms with Crippen LogP contribution in [0.25, 0.3) is 0 Å². The van der Waals surface area contributed by atoms with E-state index in [2.05, 4.69) is 15.6 Å². The van der Waals surface area contributed by atoms with Crippen molar-refractivity contribution in [2.45, 2.75) is 13.5 Å². The lowest BCUT2D eigenvalue weighted by atomic mass is 10.2. The number of nitrogens with one attached hydrogen (secondary N) is 2. The quantitative estimate of drug-likeness (QED) is 0.636. The van der Waals surface area contributed by atoms with Crippen molar-refractivity contribution < 1.29 is 19.0 Å². The standard InChI is InChI=1S/C22H21N3O4/c1-2-27-18-6-4-17(5-7-18)25-21-12-16(9-10-23-21)22(26)24-13-15-3-8-19-20(11-15)29-14-28-19/h3-12H,2,13-14H2,1H3,(H,23,25)(H,24,26). The van der Waals surface area contributed by atoms with Gasteiger partial charge in [-0.05, 0) is 61.0 Å². The number of amides is 1. The lowest BCUT2D eigenvalue weighted by Crippen LogP contribution is -2.22. The Morgan fingerprint density at radius 1 is 1.07 bits per heavy atom. The minimum atomic E-state index is -0.181. The van der Waals surface area contributed by atoms with Gasteiger partial charge in [0.1, 0.15) is 11.6 Å². The number of carbonyl (C=O) groups is 1. The normalized spacial score (nSPS) is 11.8. The van der Waals surface area contributed by atoms with Gasteiger partial charge in [0, 0.05) is 24.0 Å². The summed E-state index contributed by atoms with van der Waals surface area (Å²) in [6.45, 7) is 3.18. The van der Waals surface area contributed by atoms with E-state index in [9.17, 15) is 4.79 Å². The molecule has 0 atom stereocenters. The Balaban J connectivity index is 1.38. The Morgan fingerprint density at radius 2 is 1.90 bits per heavy atom. The highest BCUT2D eigenvalue weighted by atomic mass is 16.7. The summed E-state index contributed by atoms with van der Waals surface area (Å²) in [7, 11) is 0. The molecule has 1 aliphatic rings. The molecule has 4 rings (SSSR count). The van der Waals surface area contributed by atoms with E-state index in [0.717, 1.165) is 22.7 Å². The molecule has 0 bridgehead atoms. The predicted molar refractivity (Wildman–Crippen MR) is 109 cm³/mol. The predicted octanol–water partition coefficient (Wildman–Crippen LogP) is 3.88. The summed E-state index contributed by atoms with van der Waals surface area (Å²) in [6.07, 6.45) is 1.60. The Labute approximate surface area is 168 Å². The van der Waals surface area contributed by atoms with E-state index in [-0.39, 0.29) is 12.7 Å². The summed E-state index contributed by atoms with van der Waals surface area (Å²) < 4.78 is 16.1. The van der Waals surface area contributed by atoms with Gasteiger partial charge in [0.05, 0.1) is 6.61 Å². The first kappa shape index (κ1) is 18.6. The average Bonchev–Trinajstić information content (AvgIpc) is 3.22. The van der Waals surface area contributed by atoms with E-state index < -0.39 is 0 Å². The van der Waals surface area contributed by atoms with Crippen molar-refractivity contribution in [2.75, 3.05) is 18.7 Å². The zero-order valence-corrected chi connectivity index (χ0v) is 16.0. The van der Waals surface area contributed by atoms with Crippen LogP contribution in [-0.4, -0.2) is 24.3 Å². The Kier molecular flexibility index (Phi) is 5.47. The molecule has 0 unspecified atom stereocenters. The second-order valence-corrected chi connectivity index (χ2v) is 6.38. The zero-order valence-electron chi connectivity index (χ0n) is 16.0. The Morgan fingerprint density at radius 3 is 2.72 bits per heavy atom. The maximum absolute atomic E-state index is 12.5. The van der Waals surface area contributed by atoms with Crippen LogP contribution < -0.4 is 24.8 Å². The van der Waals surface area contributed by atoms with Crippen LogP contribution in [-0.2, 0) is 6.54 Å². The molecule has 0 fully saturated rings. The summed E-state index contributed by atoms with van der Waals surface area (Å²) in [4.78, 5) is 16.8. The number of rotatable bonds is 7. The van der Waals surface area contributed by atoms with Gasteiger partial charge >= 0.3 is 0 Å². The van der Waals surface area contributed by atoms with Gasteiger partial charge in [-0.2, -0.15) is 0 Å². The molecule has 0 saturated heterocycles. The molecular weight excluding hydrogens is 370 g/mol. The third-order valence-corrected chi connectivity index (χ3v) is 4.35. The molecule has 2 aromatic carbocycles. The summed E-state index contributed by atoms with van der Waals surface area (Å²) >= 11 is 0. The van der Waals surface area contributed by atoms with Crippen LogP contribution in [0, 0.1) is 0 Å². The van der Waals surface area contributed by atoms with E-state index in [1.807, 2.05) is 49.4 Å². The first-order valence-electron chi connectivity index (χ1n) is 9.34. The molecule has 1 aliphatic heterocycles. The molecule has 7 heteroatoms. The third-order valence-electron chi connectivity index (χ3n) is 4.35. The second-order valence-electron chi connectivity index (χ2n) is 6.38. The molecule has 1 aromatic heterocycles. The number of hydrogen-bond donors (Lipinski definition) is 2. The van der Waals surface area contributed by atoms with E-state index in [1.54, 1.807) is 18.3 Å². The first-order valence-corrected chi connectivity index (χ1v) is 9.34. The van der Waals surface area contributed by atoms with Gasteiger partial charge in [0.15, 0.2) is 11.5 Å². The van der Waals surface area contributed by atoms with E-state index >= 15 is 0 Å². The molecule has 7 nitrogen and oxygen atoms in total. The number of anilines is 2. The first-order chi connectivity index (χ1) is 14.2. The minimum Gasteiger partial charge on any atom is -0.494 e. The van der Waals surface area contributed by atoms with Crippen molar-refractivity contribution in [3.05, 3.63) is 71.9 Å². The third kappa shape index (κ3) is 4.57. The highest BCUT2D eigenvalue weighted by Crippen LogP contribution is 2.32. The monoisotopic (exact) mass is 391 g/mol. The summed E-state index contributed by atoms with van der Waals surface area (Å²) in [6, 6.07) is 16.6. The van der Waals surface area contributed by atoms with E-state index in [4.69, 9.17) is 14.2 Å². The van der Waals surface area contributed by atoms with Crippen LogP contribution in [0.5, 0.6) is 17.2 Å². The van der Waals surface area contributed by atoms with Gasteiger partial charge in [-0.1, -0.05) is 6.07 Å². The molecule has 0 radical (unpaired) electrons. The molecular formula is C22H21N3O4. The van der Waals surface area contributed by atoms with Gasteiger partial charge in [-0.15, -0.1) is 0 Å². The number of ether oxygens (including phenoxy) is 3. The van der Waals surface area contributed by atoms with Crippen LogP contribution in [0.1, 0.15) is 22.8 Å². The SMILES string of the molecule is CCOc1ccc(Nc2cc(C(=O)NCc3ccc4c(c3)OCO4)ccn2)cc1. The molecule has 1 amide bonds. The van der Waals surface area contributed by atoms with Crippen molar-refractivity contribution in [1.29, 1.82) is 0 Å². The molecule has 0 spiro atoms. The summed E-state index contributed by atoms with van der Waals surface area (Å²) in [5.74, 6) is 2.63. The van der Waals surface area contributed by atoms with Crippen molar-refractivity contribution >= 4 is 17.4 Å². The molecule has 2 heterocycles. The van der Waals surface area contributed by atoms with E-state index in [0.29, 0.717) is 30.3 Å². The molecule has 3 aromatic rings. The van der Waals surface area contributed by atoms with Gasteiger partial charge < -0.3 is 24.8 Å². The van der Waals surface area contributed by atoms with Crippen LogP contribution in [0.3, 0.4) is 0 Å². The summed E-state index contributed by atoms with van der Waals surface area (Å²) in [5, 5.41) is 6.11. The van der Waals surface area contributed by atoms with Crippen molar-refractivity contribution in [3.63, 3.8) is 0 Å². The van der Waals surface area contributed by atoms with Crippen LogP contribution in [0.2, 0.25) is 0 Å². The zero-order chi connectivity index (χ0) is 20.1. The lowest BCUT2D eigenvalue weighted by Gasteiger charge is -2.09. The van der Waals surface area contributed by atoms with Crippen LogP contribution >= 0.6 is 0 Å². The van der Waals surface area contributed by atoms with Crippen molar-refractivity contribution in [2.24, 2.45) is 0 Å². The minimum absolute atomic E-state index is 0.181. The number of benzene rings is 2. The van der Waals surface area contributed by atoms with Crippen LogP contribution in [0.15, 0.2) is 60.8 Å². The summed E-state index contributed by atoms with van der Waals surface area (Å²) in [5.41, 5.74) is 2.32. The van der Waals surface area contributed by atoms with E-state index in [1.165, 1.54) is 0 Å². The van der Waals surface area contributed by atoms with Crippen molar-refractivity contribution in [1.82, 2.24) is 10.3 Å². The number of nitrogens with zero attached hydrogens (tertiary/aromatic N) is 1. The highest BCUT2D eigenvalue weighted by Gasteiger charge is 2.14. The lowest BCUT2D eigenvalue weighted by molar-refractivity contribution is 0.0950. The molecule has 148 valence electrons. The smallest absolute Gasteiger partial charge is 0.251 e. The molecule has 2 N–H and O–H groups in total. The number of fused-ring (bicyclic) bond motifs is 1. The van der Waals surface area contributed by atoms with Gasteiger partial charge in [-0.3, -0.25) is 4.79 Å². The fourth-order valence-electron chi connectivity index (χ4n) is 2.92. The van der Waals surface area contributed by atoms with Gasteiger partial charge in [0.25, 0.3) is 5.91 Å². The number of hydrogen-bond acceptors (Lipinski definition) is 6. The Hall–Kier alpha value is -3.74. The fourth-order valence-corrected chi connectivity index (χ4v) is 2.92.